The highest BCUT2D eigenvalue weighted by Crippen LogP contribution is 2.12. The zero-order valence-corrected chi connectivity index (χ0v) is 5.89. The molecule has 0 aliphatic carbocycles. The van der Waals surface area contributed by atoms with E-state index >= 15 is 0 Å². The van der Waals surface area contributed by atoms with Crippen molar-refractivity contribution < 1.29 is 0 Å². The summed E-state index contributed by atoms with van der Waals surface area (Å²) in [7, 11) is 1.73. The van der Waals surface area contributed by atoms with Gasteiger partial charge in [0.2, 0.25) is 0 Å². The van der Waals surface area contributed by atoms with Gasteiger partial charge in [-0.05, 0) is 6.92 Å². The fraction of sp³-hybridized carbons (Fsp3) is 0.333. The van der Waals surface area contributed by atoms with E-state index < -0.39 is 0 Å². The number of H-pyrrole nitrogens is 1. The predicted octanol–water partition coefficient (Wildman–Crippen LogP) is 0.631. The van der Waals surface area contributed by atoms with Gasteiger partial charge in [0.15, 0.2) is 5.82 Å². The minimum Gasteiger partial charge on any atom is -0.371 e. The van der Waals surface area contributed by atoms with E-state index in [9.17, 15) is 0 Å². The van der Waals surface area contributed by atoms with Crippen molar-refractivity contribution in [1.82, 2.24) is 10.2 Å². The standard InChI is InChI=1S/C6H8N4/c1-4-5(3-7)6(8-2)10-9-4/h1-2H3,(H2,8,9,10). The Hall–Kier alpha value is -1.50. The zero-order valence-electron chi connectivity index (χ0n) is 5.89. The van der Waals surface area contributed by atoms with E-state index in [-0.39, 0.29) is 0 Å². The first kappa shape index (κ1) is 6.62. The number of aromatic amines is 1. The van der Waals surface area contributed by atoms with Gasteiger partial charge in [-0.2, -0.15) is 10.4 Å². The van der Waals surface area contributed by atoms with Crippen molar-refractivity contribution in [2.75, 3.05) is 12.4 Å². The molecule has 0 amide bonds. The Kier molecular flexibility index (Phi) is 1.59. The van der Waals surface area contributed by atoms with Crippen LogP contribution in [0.15, 0.2) is 0 Å². The van der Waals surface area contributed by atoms with E-state index in [1.165, 1.54) is 0 Å². The molecule has 0 aliphatic rings. The molecule has 1 heterocycles. The minimum absolute atomic E-state index is 0.586. The van der Waals surface area contributed by atoms with Gasteiger partial charge < -0.3 is 5.32 Å². The second-order valence-corrected chi connectivity index (χ2v) is 1.93. The van der Waals surface area contributed by atoms with E-state index in [1.807, 2.05) is 13.0 Å². The number of nitrogens with one attached hydrogen (secondary N) is 2. The molecule has 52 valence electrons. The molecule has 10 heavy (non-hydrogen) atoms. The molecule has 0 unspecified atom stereocenters. The van der Waals surface area contributed by atoms with Gasteiger partial charge in [-0.15, -0.1) is 0 Å². The first-order valence-corrected chi connectivity index (χ1v) is 2.92. The highest BCUT2D eigenvalue weighted by atomic mass is 15.2. The maximum atomic E-state index is 8.57. The molecular formula is C6H8N4. The molecule has 0 bridgehead atoms. The van der Waals surface area contributed by atoms with Crippen LogP contribution in [0.1, 0.15) is 11.3 Å². The lowest BCUT2D eigenvalue weighted by molar-refractivity contribution is 1.05. The lowest BCUT2D eigenvalue weighted by Gasteiger charge is -1.89. The second kappa shape index (κ2) is 2.40. The van der Waals surface area contributed by atoms with Crippen molar-refractivity contribution in [1.29, 1.82) is 5.26 Å². The number of rotatable bonds is 1. The molecule has 0 fully saturated rings. The lowest BCUT2D eigenvalue weighted by atomic mass is 10.3. The number of aromatic nitrogens is 2. The summed E-state index contributed by atoms with van der Waals surface area (Å²) in [5.74, 6) is 0.611. The molecule has 1 rings (SSSR count). The van der Waals surface area contributed by atoms with Gasteiger partial charge in [-0.3, -0.25) is 5.10 Å². The molecule has 1 aromatic rings. The third-order valence-corrected chi connectivity index (χ3v) is 1.30. The highest BCUT2D eigenvalue weighted by Gasteiger charge is 2.05. The van der Waals surface area contributed by atoms with E-state index in [0.717, 1.165) is 5.69 Å². The molecule has 0 atom stereocenters. The molecule has 1 aromatic heterocycles. The Morgan fingerprint density at radius 1 is 1.70 bits per heavy atom. The molecule has 0 aromatic carbocycles. The summed E-state index contributed by atoms with van der Waals surface area (Å²) in [6.07, 6.45) is 0. The van der Waals surface area contributed by atoms with Gasteiger partial charge in [0.1, 0.15) is 11.6 Å². The molecule has 0 radical (unpaired) electrons. The van der Waals surface area contributed by atoms with Crippen LogP contribution in [0.3, 0.4) is 0 Å². The third-order valence-electron chi connectivity index (χ3n) is 1.30. The minimum atomic E-state index is 0.586. The zero-order chi connectivity index (χ0) is 7.56. The van der Waals surface area contributed by atoms with Crippen LogP contribution in [0.25, 0.3) is 0 Å². The van der Waals surface area contributed by atoms with Crippen LogP contribution in [0.4, 0.5) is 5.82 Å². The fourth-order valence-electron chi connectivity index (χ4n) is 0.747. The van der Waals surface area contributed by atoms with Crippen molar-refractivity contribution in [2.24, 2.45) is 0 Å². The molecule has 2 N–H and O–H groups in total. The SMILES string of the molecule is CNc1n[nH]c(C)c1C#N. The van der Waals surface area contributed by atoms with Gasteiger partial charge in [-0.25, -0.2) is 0 Å². The number of hydrogen-bond acceptors (Lipinski definition) is 3. The summed E-state index contributed by atoms with van der Waals surface area (Å²) >= 11 is 0. The smallest absolute Gasteiger partial charge is 0.165 e. The fourth-order valence-corrected chi connectivity index (χ4v) is 0.747. The average molecular weight is 136 g/mol. The van der Waals surface area contributed by atoms with Crippen molar-refractivity contribution >= 4 is 5.82 Å². The summed E-state index contributed by atoms with van der Waals surface area (Å²) in [6.45, 7) is 1.81. The van der Waals surface area contributed by atoms with Crippen molar-refractivity contribution in [2.45, 2.75) is 6.92 Å². The number of anilines is 1. The Morgan fingerprint density at radius 3 is 2.80 bits per heavy atom. The molecular weight excluding hydrogens is 128 g/mol. The van der Waals surface area contributed by atoms with Gasteiger partial charge in [-0.1, -0.05) is 0 Å². The van der Waals surface area contributed by atoms with Crippen LogP contribution in [-0.2, 0) is 0 Å². The van der Waals surface area contributed by atoms with Crippen LogP contribution >= 0.6 is 0 Å². The van der Waals surface area contributed by atoms with Gasteiger partial charge in [0.05, 0.1) is 5.69 Å². The first-order valence-electron chi connectivity index (χ1n) is 2.92. The Labute approximate surface area is 58.9 Å². The predicted molar refractivity (Wildman–Crippen MR) is 37.6 cm³/mol. The highest BCUT2D eigenvalue weighted by molar-refractivity contribution is 5.53. The normalized spacial score (nSPS) is 8.90. The van der Waals surface area contributed by atoms with Crippen LogP contribution in [0.2, 0.25) is 0 Å². The van der Waals surface area contributed by atoms with Crippen LogP contribution in [-0.4, -0.2) is 17.2 Å². The third kappa shape index (κ3) is 0.818. The molecule has 4 heteroatoms. The monoisotopic (exact) mass is 136 g/mol. The number of aryl methyl sites for hydroxylation is 1. The molecule has 0 aliphatic heterocycles. The summed E-state index contributed by atoms with van der Waals surface area (Å²) in [6, 6.07) is 2.04. The summed E-state index contributed by atoms with van der Waals surface area (Å²) in [5.41, 5.74) is 1.38. The molecule has 0 spiro atoms. The summed E-state index contributed by atoms with van der Waals surface area (Å²) in [5, 5.41) is 17.9. The number of nitriles is 1. The lowest BCUT2D eigenvalue weighted by Crippen LogP contribution is -1.90. The quantitative estimate of drug-likeness (QED) is 0.595. The summed E-state index contributed by atoms with van der Waals surface area (Å²) < 4.78 is 0. The first-order chi connectivity index (χ1) is 4.79. The van der Waals surface area contributed by atoms with Crippen molar-refractivity contribution in [3.8, 4) is 6.07 Å². The van der Waals surface area contributed by atoms with Crippen LogP contribution in [0, 0.1) is 18.3 Å². The molecule has 4 nitrogen and oxygen atoms in total. The van der Waals surface area contributed by atoms with Gasteiger partial charge in [0, 0.05) is 7.05 Å². The maximum Gasteiger partial charge on any atom is 0.165 e. The second-order valence-electron chi connectivity index (χ2n) is 1.93. The average Bonchev–Trinajstić information content (AvgIpc) is 2.30. The van der Waals surface area contributed by atoms with Crippen molar-refractivity contribution in [3.63, 3.8) is 0 Å². The van der Waals surface area contributed by atoms with E-state index in [1.54, 1.807) is 7.05 Å². The Balaban J connectivity index is 3.17. The number of nitrogens with zero attached hydrogens (tertiary/aromatic N) is 2. The van der Waals surface area contributed by atoms with E-state index in [2.05, 4.69) is 15.5 Å². The number of hydrogen-bond donors (Lipinski definition) is 2. The molecule has 0 saturated carbocycles. The largest absolute Gasteiger partial charge is 0.371 e. The maximum absolute atomic E-state index is 8.57. The Bertz CT molecular complexity index is 268. The van der Waals surface area contributed by atoms with E-state index in [0.29, 0.717) is 11.4 Å². The van der Waals surface area contributed by atoms with Crippen LogP contribution in [0.5, 0.6) is 0 Å². The van der Waals surface area contributed by atoms with Gasteiger partial charge in [0.25, 0.3) is 0 Å². The van der Waals surface area contributed by atoms with Crippen LogP contribution < -0.4 is 5.32 Å². The van der Waals surface area contributed by atoms with E-state index in [4.69, 9.17) is 5.26 Å². The molecule has 0 saturated heterocycles. The van der Waals surface area contributed by atoms with Crippen molar-refractivity contribution in [3.05, 3.63) is 11.3 Å². The van der Waals surface area contributed by atoms with Gasteiger partial charge >= 0.3 is 0 Å². The Morgan fingerprint density at radius 2 is 2.40 bits per heavy atom. The topological polar surface area (TPSA) is 64.5 Å². The summed E-state index contributed by atoms with van der Waals surface area (Å²) in [4.78, 5) is 0.